The number of amides is 1. The Balaban J connectivity index is 1.98. The van der Waals surface area contributed by atoms with E-state index in [1.54, 1.807) is 55.5 Å². The number of halogens is 1. The van der Waals surface area contributed by atoms with Crippen LogP contribution in [0.5, 0.6) is 0 Å². The number of anilines is 2. The monoisotopic (exact) mass is 410 g/mol. The number of ether oxygens (including phenoxy) is 1. The molecule has 27 heavy (non-hydrogen) atoms. The maximum Gasteiger partial charge on any atom is 0.327 e. The van der Waals surface area contributed by atoms with Crippen LogP contribution in [0, 0.1) is 6.92 Å². The molecule has 0 aliphatic heterocycles. The Bertz CT molecular complexity index is 946. The summed E-state index contributed by atoms with van der Waals surface area (Å²) in [4.78, 5) is 23.9. The Kier molecular flexibility index (Phi) is 6.81. The molecule has 0 aromatic heterocycles. The molecule has 7 nitrogen and oxygen atoms in total. The maximum atomic E-state index is 12.1. The van der Waals surface area contributed by atoms with Crippen molar-refractivity contribution in [3.05, 3.63) is 59.1 Å². The van der Waals surface area contributed by atoms with E-state index < -0.39 is 35.1 Å². The van der Waals surface area contributed by atoms with Gasteiger partial charge in [-0.25, -0.2) is 8.42 Å². The van der Waals surface area contributed by atoms with Crippen LogP contribution < -0.4 is 9.62 Å². The molecule has 0 saturated carbocycles. The fourth-order valence-corrected chi connectivity index (χ4v) is 3.39. The van der Waals surface area contributed by atoms with E-state index in [9.17, 15) is 18.0 Å². The quantitative estimate of drug-likeness (QED) is 0.708. The van der Waals surface area contributed by atoms with Crippen LogP contribution in [-0.2, 0) is 24.3 Å². The molecule has 0 aliphatic carbocycles. The van der Waals surface area contributed by atoms with Crippen molar-refractivity contribution in [2.75, 3.05) is 29.0 Å². The number of para-hydroxylation sites is 1. The highest BCUT2D eigenvalue weighted by molar-refractivity contribution is 7.92. The number of nitrogens with one attached hydrogen (secondary N) is 1. The molecule has 0 aliphatic rings. The molecule has 0 heterocycles. The number of carbonyl (C=O) groups excluding carboxylic acids is 2. The number of hydrogen-bond donors (Lipinski definition) is 1. The lowest BCUT2D eigenvalue weighted by Gasteiger charge is -2.23. The van der Waals surface area contributed by atoms with Gasteiger partial charge in [-0.1, -0.05) is 35.9 Å². The van der Waals surface area contributed by atoms with Crippen LogP contribution in [0.4, 0.5) is 11.4 Å². The summed E-state index contributed by atoms with van der Waals surface area (Å²) in [5.74, 6) is -1.41. The first-order chi connectivity index (χ1) is 12.7. The lowest BCUT2D eigenvalue weighted by atomic mass is 10.2. The van der Waals surface area contributed by atoms with Crippen LogP contribution in [0.25, 0.3) is 0 Å². The molecule has 0 bridgehead atoms. The first-order valence-electron chi connectivity index (χ1n) is 7.91. The Morgan fingerprint density at radius 3 is 2.48 bits per heavy atom. The molecule has 1 N–H and O–H groups in total. The summed E-state index contributed by atoms with van der Waals surface area (Å²) in [5.41, 5.74) is 1.52. The molecule has 0 fully saturated rings. The molecule has 0 spiro atoms. The average molecular weight is 411 g/mol. The number of sulfonamides is 1. The molecular formula is C18H19ClN2O5S. The summed E-state index contributed by atoms with van der Waals surface area (Å²) in [5, 5.41) is 2.98. The lowest BCUT2D eigenvalue weighted by Crippen LogP contribution is -2.37. The Morgan fingerprint density at radius 1 is 1.15 bits per heavy atom. The van der Waals surface area contributed by atoms with Crippen LogP contribution in [0.2, 0.25) is 5.02 Å². The highest BCUT2D eigenvalue weighted by atomic mass is 35.5. The van der Waals surface area contributed by atoms with E-state index in [0.717, 1.165) is 10.6 Å². The van der Waals surface area contributed by atoms with Crippen molar-refractivity contribution in [3.63, 3.8) is 0 Å². The highest BCUT2D eigenvalue weighted by Gasteiger charge is 2.23. The van der Waals surface area contributed by atoms with E-state index in [1.807, 2.05) is 0 Å². The van der Waals surface area contributed by atoms with Gasteiger partial charge in [0, 0.05) is 10.7 Å². The fraction of sp³-hybridized carbons (Fsp3) is 0.222. The van der Waals surface area contributed by atoms with Crippen LogP contribution in [0.1, 0.15) is 5.56 Å². The maximum absolute atomic E-state index is 12.1. The predicted molar refractivity (Wildman–Crippen MR) is 104 cm³/mol. The van der Waals surface area contributed by atoms with Crippen molar-refractivity contribution < 1.29 is 22.7 Å². The smallest absolute Gasteiger partial charge is 0.327 e. The van der Waals surface area contributed by atoms with Crippen molar-refractivity contribution in [2.24, 2.45) is 0 Å². The van der Waals surface area contributed by atoms with Crippen molar-refractivity contribution in [2.45, 2.75) is 6.92 Å². The summed E-state index contributed by atoms with van der Waals surface area (Å²) in [6, 6.07) is 13.3. The van der Waals surface area contributed by atoms with Gasteiger partial charge in [0.2, 0.25) is 10.0 Å². The molecule has 9 heteroatoms. The standard InChI is InChI=1S/C18H19ClN2O5S/c1-13-6-3-4-9-16(13)21(27(2,24)25)11-18(23)26-12-17(22)20-15-8-5-7-14(19)10-15/h3-10H,11-12H2,1-2H3,(H,20,22). The molecule has 0 radical (unpaired) electrons. The van der Waals surface area contributed by atoms with Gasteiger partial charge in [-0.3, -0.25) is 13.9 Å². The van der Waals surface area contributed by atoms with Gasteiger partial charge < -0.3 is 10.1 Å². The van der Waals surface area contributed by atoms with Gasteiger partial charge in [0.05, 0.1) is 11.9 Å². The number of rotatable bonds is 7. The van der Waals surface area contributed by atoms with Gasteiger partial charge in [-0.05, 0) is 36.8 Å². The highest BCUT2D eigenvalue weighted by Crippen LogP contribution is 2.21. The second-order valence-electron chi connectivity index (χ2n) is 5.78. The minimum Gasteiger partial charge on any atom is -0.454 e. The lowest BCUT2D eigenvalue weighted by molar-refractivity contribution is -0.145. The van der Waals surface area contributed by atoms with Gasteiger partial charge in [0.15, 0.2) is 6.61 Å². The minimum atomic E-state index is -3.71. The number of hydrogen-bond acceptors (Lipinski definition) is 5. The number of aryl methyl sites for hydroxylation is 1. The zero-order valence-corrected chi connectivity index (χ0v) is 16.4. The number of esters is 1. The zero-order chi connectivity index (χ0) is 20.0. The van der Waals surface area contributed by atoms with Crippen molar-refractivity contribution >= 4 is 44.9 Å². The minimum absolute atomic E-state index is 0.375. The normalized spacial score (nSPS) is 10.9. The average Bonchev–Trinajstić information content (AvgIpc) is 2.58. The van der Waals surface area contributed by atoms with E-state index in [4.69, 9.17) is 16.3 Å². The summed E-state index contributed by atoms with van der Waals surface area (Å²) in [6.07, 6.45) is 0.999. The third-order valence-electron chi connectivity index (χ3n) is 3.53. The van der Waals surface area contributed by atoms with E-state index in [1.165, 1.54) is 0 Å². The van der Waals surface area contributed by atoms with E-state index in [-0.39, 0.29) is 0 Å². The zero-order valence-electron chi connectivity index (χ0n) is 14.8. The number of nitrogens with zero attached hydrogens (tertiary/aromatic N) is 1. The summed E-state index contributed by atoms with van der Waals surface area (Å²) >= 11 is 5.83. The summed E-state index contributed by atoms with van der Waals surface area (Å²) in [6.45, 7) is 0.655. The topological polar surface area (TPSA) is 92.8 Å². The van der Waals surface area contributed by atoms with Crippen LogP contribution >= 0.6 is 11.6 Å². The SMILES string of the molecule is Cc1ccccc1N(CC(=O)OCC(=O)Nc1cccc(Cl)c1)S(C)(=O)=O. The van der Waals surface area contributed by atoms with Crippen molar-refractivity contribution in [1.29, 1.82) is 0 Å². The van der Waals surface area contributed by atoms with Gasteiger partial charge in [-0.15, -0.1) is 0 Å². The van der Waals surface area contributed by atoms with Crippen LogP contribution in [0.15, 0.2) is 48.5 Å². The van der Waals surface area contributed by atoms with Crippen LogP contribution in [-0.4, -0.2) is 39.7 Å². The molecule has 2 rings (SSSR count). The fourth-order valence-electron chi connectivity index (χ4n) is 2.30. The summed E-state index contributed by atoms with van der Waals surface area (Å²) < 4.78 is 30.0. The largest absolute Gasteiger partial charge is 0.454 e. The molecule has 2 aromatic carbocycles. The first-order valence-corrected chi connectivity index (χ1v) is 10.1. The van der Waals surface area contributed by atoms with Gasteiger partial charge in [-0.2, -0.15) is 0 Å². The molecule has 144 valence electrons. The van der Waals surface area contributed by atoms with Crippen molar-refractivity contribution in [3.8, 4) is 0 Å². The molecule has 2 aromatic rings. The summed E-state index contributed by atoms with van der Waals surface area (Å²) in [7, 11) is -3.71. The number of carbonyl (C=O) groups is 2. The second-order valence-corrected chi connectivity index (χ2v) is 8.12. The van der Waals surface area contributed by atoms with E-state index >= 15 is 0 Å². The third-order valence-corrected chi connectivity index (χ3v) is 4.89. The molecular weight excluding hydrogens is 392 g/mol. The van der Waals surface area contributed by atoms with Crippen LogP contribution in [0.3, 0.4) is 0 Å². The second kappa shape index (κ2) is 8.88. The Hall–Kier alpha value is -2.58. The molecule has 0 saturated heterocycles. The van der Waals surface area contributed by atoms with E-state index in [2.05, 4.69) is 5.32 Å². The predicted octanol–water partition coefficient (Wildman–Crippen LogP) is 2.60. The van der Waals surface area contributed by atoms with Gasteiger partial charge >= 0.3 is 5.97 Å². The first kappa shape index (κ1) is 20.7. The Labute approximate surface area is 162 Å². The van der Waals surface area contributed by atoms with E-state index in [0.29, 0.717) is 22.0 Å². The molecule has 0 atom stereocenters. The van der Waals surface area contributed by atoms with Gasteiger partial charge in [0.25, 0.3) is 5.91 Å². The Morgan fingerprint density at radius 2 is 1.85 bits per heavy atom. The number of benzene rings is 2. The molecule has 1 amide bonds. The van der Waals surface area contributed by atoms with Gasteiger partial charge in [0.1, 0.15) is 6.54 Å². The van der Waals surface area contributed by atoms with Crippen molar-refractivity contribution in [1.82, 2.24) is 0 Å². The third kappa shape index (κ3) is 6.26. The molecule has 0 unspecified atom stereocenters.